The molecule has 0 saturated heterocycles. The van der Waals surface area contributed by atoms with Crippen molar-refractivity contribution in [2.45, 2.75) is 77.2 Å². The van der Waals surface area contributed by atoms with E-state index < -0.39 is 0 Å². The zero-order chi connectivity index (χ0) is 16.2. The molecule has 0 aromatic heterocycles. The molecule has 1 rings (SSSR count). The first kappa shape index (κ1) is 18.8. The second kappa shape index (κ2) is 11.4. The summed E-state index contributed by atoms with van der Waals surface area (Å²) in [6.45, 7) is 2.23. The van der Waals surface area contributed by atoms with Gasteiger partial charge in [-0.1, -0.05) is 64.0 Å². The molecule has 3 nitrogen and oxygen atoms in total. The highest BCUT2D eigenvalue weighted by Crippen LogP contribution is 2.30. The highest BCUT2D eigenvalue weighted by atomic mass is 16.5. The summed E-state index contributed by atoms with van der Waals surface area (Å²) in [6.07, 6.45) is 10.8. The SMILES string of the molecule is CCCCCCCCCC(O)CCc1cccc(OC)c1O. The number of ether oxygens (including phenoxy) is 1. The molecule has 0 aliphatic heterocycles. The van der Waals surface area contributed by atoms with Crippen LogP contribution in [0.1, 0.15) is 70.3 Å². The Balaban J connectivity index is 2.17. The Labute approximate surface area is 135 Å². The van der Waals surface area contributed by atoms with Crippen LogP contribution in [-0.4, -0.2) is 23.4 Å². The Hall–Kier alpha value is -1.22. The standard InChI is InChI=1S/C19H32O3/c1-3-4-5-6-7-8-9-12-17(20)15-14-16-11-10-13-18(22-2)19(16)21/h10-11,13,17,20-21H,3-9,12,14-15H2,1-2H3. The topological polar surface area (TPSA) is 49.7 Å². The zero-order valence-electron chi connectivity index (χ0n) is 14.2. The molecule has 2 N–H and O–H groups in total. The molecule has 0 amide bonds. The molecule has 126 valence electrons. The minimum absolute atomic E-state index is 0.202. The van der Waals surface area contributed by atoms with E-state index in [0.717, 1.165) is 18.4 Å². The summed E-state index contributed by atoms with van der Waals surface area (Å²) in [4.78, 5) is 0. The fourth-order valence-corrected chi connectivity index (χ4v) is 2.74. The van der Waals surface area contributed by atoms with Crippen LogP contribution in [0.5, 0.6) is 11.5 Å². The molecule has 1 aromatic carbocycles. The smallest absolute Gasteiger partial charge is 0.160 e. The van der Waals surface area contributed by atoms with Crippen molar-refractivity contribution in [1.29, 1.82) is 0 Å². The molecule has 1 aromatic rings. The summed E-state index contributed by atoms with van der Waals surface area (Å²) in [7, 11) is 1.55. The molecule has 0 spiro atoms. The Bertz CT molecular complexity index is 404. The number of aryl methyl sites for hydroxylation is 1. The van der Waals surface area contributed by atoms with E-state index in [1.807, 2.05) is 12.1 Å². The van der Waals surface area contributed by atoms with Crippen LogP contribution in [-0.2, 0) is 6.42 Å². The number of methoxy groups -OCH3 is 1. The quantitative estimate of drug-likeness (QED) is 0.543. The van der Waals surface area contributed by atoms with E-state index >= 15 is 0 Å². The molecule has 0 aliphatic carbocycles. The number of phenols is 1. The minimum Gasteiger partial charge on any atom is -0.504 e. The Kier molecular flexibility index (Phi) is 9.72. The average Bonchev–Trinajstić information content (AvgIpc) is 2.53. The maximum atomic E-state index is 10.1. The van der Waals surface area contributed by atoms with Crippen molar-refractivity contribution in [3.05, 3.63) is 23.8 Å². The van der Waals surface area contributed by atoms with E-state index in [2.05, 4.69) is 6.92 Å². The third-order valence-electron chi connectivity index (χ3n) is 4.19. The Morgan fingerprint density at radius 2 is 1.68 bits per heavy atom. The lowest BCUT2D eigenvalue weighted by atomic mass is 10.0. The third-order valence-corrected chi connectivity index (χ3v) is 4.19. The van der Waals surface area contributed by atoms with Gasteiger partial charge in [0.15, 0.2) is 11.5 Å². The van der Waals surface area contributed by atoms with Gasteiger partial charge in [0.25, 0.3) is 0 Å². The van der Waals surface area contributed by atoms with Gasteiger partial charge in [0.1, 0.15) is 0 Å². The van der Waals surface area contributed by atoms with Crippen LogP contribution in [0.2, 0.25) is 0 Å². The summed E-state index contributed by atoms with van der Waals surface area (Å²) >= 11 is 0. The number of unbranched alkanes of at least 4 members (excludes halogenated alkanes) is 6. The van der Waals surface area contributed by atoms with Crippen LogP contribution in [0.4, 0.5) is 0 Å². The first-order valence-corrected chi connectivity index (χ1v) is 8.72. The first-order chi connectivity index (χ1) is 10.7. The van der Waals surface area contributed by atoms with Gasteiger partial charge in [-0.15, -0.1) is 0 Å². The molecule has 0 radical (unpaired) electrons. The Morgan fingerprint density at radius 1 is 1.00 bits per heavy atom. The van der Waals surface area contributed by atoms with Crippen LogP contribution in [0, 0.1) is 0 Å². The number of hydrogen-bond acceptors (Lipinski definition) is 3. The molecule has 22 heavy (non-hydrogen) atoms. The van der Waals surface area contributed by atoms with Crippen molar-refractivity contribution in [3.8, 4) is 11.5 Å². The summed E-state index contributed by atoms with van der Waals surface area (Å²) in [5.74, 6) is 0.701. The first-order valence-electron chi connectivity index (χ1n) is 8.72. The maximum absolute atomic E-state index is 10.1. The molecule has 0 fully saturated rings. The largest absolute Gasteiger partial charge is 0.504 e. The number of para-hydroxylation sites is 1. The van der Waals surface area contributed by atoms with Crippen molar-refractivity contribution in [1.82, 2.24) is 0 Å². The number of aromatic hydroxyl groups is 1. The third kappa shape index (κ3) is 7.17. The van der Waals surface area contributed by atoms with Crippen molar-refractivity contribution in [2.24, 2.45) is 0 Å². The van der Waals surface area contributed by atoms with Gasteiger partial charge in [0.2, 0.25) is 0 Å². The molecular formula is C19H32O3. The fourth-order valence-electron chi connectivity index (χ4n) is 2.74. The molecule has 0 saturated carbocycles. The van der Waals surface area contributed by atoms with Gasteiger partial charge in [0.05, 0.1) is 13.2 Å². The molecule has 1 atom stereocenters. The Morgan fingerprint density at radius 3 is 2.36 bits per heavy atom. The van der Waals surface area contributed by atoms with Crippen molar-refractivity contribution in [2.75, 3.05) is 7.11 Å². The normalized spacial score (nSPS) is 12.3. The molecule has 1 unspecified atom stereocenters. The van der Waals surface area contributed by atoms with Gasteiger partial charge >= 0.3 is 0 Å². The zero-order valence-corrected chi connectivity index (χ0v) is 14.2. The summed E-state index contributed by atoms with van der Waals surface area (Å²) in [5.41, 5.74) is 0.845. The molecule has 0 heterocycles. The number of aliphatic hydroxyl groups excluding tert-OH is 1. The maximum Gasteiger partial charge on any atom is 0.160 e. The van der Waals surface area contributed by atoms with Crippen molar-refractivity contribution in [3.63, 3.8) is 0 Å². The van der Waals surface area contributed by atoms with Gasteiger partial charge in [-0.05, 0) is 30.9 Å². The van der Waals surface area contributed by atoms with Crippen LogP contribution in [0.15, 0.2) is 18.2 Å². The summed E-state index contributed by atoms with van der Waals surface area (Å²) in [5, 5.41) is 20.1. The van der Waals surface area contributed by atoms with Gasteiger partial charge in [0, 0.05) is 0 Å². The molecule has 0 bridgehead atoms. The summed E-state index contributed by atoms with van der Waals surface area (Å²) < 4.78 is 5.10. The van der Waals surface area contributed by atoms with Crippen molar-refractivity contribution >= 4 is 0 Å². The van der Waals surface area contributed by atoms with Gasteiger partial charge in [-0.25, -0.2) is 0 Å². The van der Waals surface area contributed by atoms with Crippen LogP contribution in [0.25, 0.3) is 0 Å². The fraction of sp³-hybridized carbons (Fsp3) is 0.684. The minimum atomic E-state index is -0.277. The lowest BCUT2D eigenvalue weighted by Crippen LogP contribution is -2.08. The van der Waals surface area contributed by atoms with E-state index in [9.17, 15) is 10.2 Å². The lowest BCUT2D eigenvalue weighted by molar-refractivity contribution is 0.151. The number of rotatable bonds is 12. The number of phenolic OH excluding ortho intramolecular Hbond substituents is 1. The predicted molar refractivity (Wildman–Crippen MR) is 91.6 cm³/mol. The van der Waals surface area contributed by atoms with Crippen LogP contribution < -0.4 is 4.74 Å². The molecule has 3 heteroatoms. The summed E-state index contributed by atoms with van der Waals surface area (Å²) in [6, 6.07) is 5.50. The predicted octanol–water partition coefficient (Wildman–Crippen LogP) is 4.84. The van der Waals surface area contributed by atoms with Crippen molar-refractivity contribution < 1.29 is 14.9 Å². The highest BCUT2D eigenvalue weighted by Gasteiger charge is 2.10. The second-order valence-electron chi connectivity index (χ2n) is 6.07. The van der Waals surface area contributed by atoms with E-state index in [4.69, 9.17) is 4.74 Å². The molecule has 0 aliphatic rings. The van der Waals surface area contributed by atoms with E-state index in [0.29, 0.717) is 18.6 Å². The number of aliphatic hydroxyl groups is 1. The monoisotopic (exact) mass is 308 g/mol. The van der Waals surface area contributed by atoms with Gasteiger partial charge < -0.3 is 14.9 Å². The van der Waals surface area contributed by atoms with Crippen LogP contribution >= 0.6 is 0 Å². The van der Waals surface area contributed by atoms with Crippen LogP contribution in [0.3, 0.4) is 0 Å². The van der Waals surface area contributed by atoms with Gasteiger partial charge in [-0.2, -0.15) is 0 Å². The lowest BCUT2D eigenvalue weighted by Gasteiger charge is -2.12. The van der Waals surface area contributed by atoms with E-state index in [1.54, 1.807) is 13.2 Å². The number of benzene rings is 1. The second-order valence-corrected chi connectivity index (χ2v) is 6.07. The van der Waals surface area contributed by atoms with E-state index in [-0.39, 0.29) is 11.9 Å². The van der Waals surface area contributed by atoms with Gasteiger partial charge in [-0.3, -0.25) is 0 Å². The number of hydrogen-bond donors (Lipinski definition) is 2. The van der Waals surface area contributed by atoms with E-state index in [1.165, 1.54) is 38.5 Å². The average molecular weight is 308 g/mol. The molecular weight excluding hydrogens is 276 g/mol. The highest BCUT2D eigenvalue weighted by molar-refractivity contribution is 5.45.